The molecule has 0 bridgehead atoms. The summed E-state index contributed by atoms with van der Waals surface area (Å²) in [6, 6.07) is 45.4. The summed E-state index contributed by atoms with van der Waals surface area (Å²) < 4.78 is 34.6. The highest BCUT2D eigenvalue weighted by Crippen LogP contribution is 2.69. The van der Waals surface area contributed by atoms with Gasteiger partial charge < -0.3 is 0 Å². The maximum Gasteiger partial charge on any atom is 0.119 e. The third kappa shape index (κ3) is 7.62. The quantitative estimate of drug-likeness (QED) is 0.310. The zero-order valence-corrected chi connectivity index (χ0v) is 24.1. The minimum absolute atomic E-state index is 0.425. The Bertz CT molecular complexity index is 1120. The van der Waals surface area contributed by atoms with Crippen LogP contribution in [0.4, 0.5) is 0 Å². The Balaban J connectivity index is 0.000000617. The maximum absolute atomic E-state index is 8.49. The first-order chi connectivity index (χ1) is 18.4. The second-order valence-electron chi connectivity index (χ2n) is 8.79. The van der Waals surface area contributed by atoms with Crippen LogP contribution >= 0.6 is 30.8 Å². The highest BCUT2D eigenvalue weighted by molar-refractivity contribution is 8.17. The molecule has 198 valence electrons. The molecule has 0 N–H and O–H groups in total. The van der Waals surface area contributed by atoms with Crippen molar-refractivity contribution < 1.29 is 28.9 Å². The summed E-state index contributed by atoms with van der Waals surface area (Å²) in [5.41, 5.74) is 1.89. The van der Waals surface area contributed by atoms with Crippen molar-refractivity contribution >= 4 is 46.7 Å². The van der Waals surface area contributed by atoms with Gasteiger partial charge in [-0.2, -0.15) is 0 Å². The van der Waals surface area contributed by atoms with Crippen LogP contribution in [0.25, 0.3) is 0 Å². The summed E-state index contributed by atoms with van der Waals surface area (Å²) in [5.74, 6) is 2.57. The largest absolute Gasteiger partial charge is 0.222 e. The van der Waals surface area contributed by atoms with Gasteiger partial charge in [-0.25, -0.2) is 18.6 Å². The van der Waals surface area contributed by atoms with Crippen LogP contribution in [0, 0.1) is 10.2 Å². The Labute approximate surface area is 236 Å². The summed E-state index contributed by atoms with van der Waals surface area (Å²) in [6.07, 6.45) is 2.52. The topological polar surface area (TPSA) is 92.2 Å². The van der Waals surface area contributed by atoms with Crippen molar-refractivity contribution in [2.45, 2.75) is 23.1 Å². The SMILES string of the molecule is [O-][Cl+3]([O-])([O-])[O-].c1ccc(C(CC2SCCCS2)[P+](c2ccccc2)(c2ccccc2)c2ccccc2)cc1. The van der Waals surface area contributed by atoms with Crippen LogP contribution in [0.1, 0.15) is 24.1 Å². The number of hydrogen-bond acceptors (Lipinski definition) is 6. The fourth-order valence-corrected chi connectivity index (χ4v) is 13.3. The monoisotopic (exact) mass is 584 g/mol. The van der Waals surface area contributed by atoms with E-state index in [2.05, 4.69) is 145 Å². The number of hydrogen-bond donors (Lipinski definition) is 0. The lowest BCUT2D eigenvalue weighted by Gasteiger charge is -2.37. The normalized spacial score (nSPS) is 15.3. The first kappa shape index (κ1) is 29.1. The van der Waals surface area contributed by atoms with Gasteiger partial charge >= 0.3 is 0 Å². The Morgan fingerprint density at radius 3 is 1.32 bits per heavy atom. The van der Waals surface area contributed by atoms with Crippen molar-refractivity contribution in [3.05, 3.63) is 127 Å². The van der Waals surface area contributed by atoms with Gasteiger partial charge in [0.2, 0.25) is 0 Å². The van der Waals surface area contributed by atoms with Gasteiger partial charge in [0.05, 0.1) is 4.58 Å². The first-order valence-corrected chi connectivity index (χ1v) is 17.5. The molecular weight excluding hydrogens is 555 g/mol. The van der Waals surface area contributed by atoms with E-state index in [0.29, 0.717) is 10.2 Å². The van der Waals surface area contributed by atoms with Gasteiger partial charge in [0.15, 0.2) is 0 Å². The number of thioether (sulfide) groups is 2. The van der Waals surface area contributed by atoms with Crippen molar-refractivity contribution in [2.75, 3.05) is 11.5 Å². The molecule has 4 aromatic rings. The molecule has 0 radical (unpaired) electrons. The fraction of sp³-hybridized carbons (Fsp3) is 0.200. The van der Waals surface area contributed by atoms with Crippen molar-refractivity contribution in [1.82, 2.24) is 0 Å². The van der Waals surface area contributed by atoms with Crippen LogP contribution in [-0.4, -0.2) is 16.1 Å². The molecule has 0 saturated carbocycles. The molecule has 1 unspecified atom stereocenters. The Hall–Kier alpha value is -1.86. The van der Waals surface area contributed by atoms with E-state index in [-0.39, 0.29) is 0 Å². The molecule has 1 atom stereocenters. The van der Waals surface area contributed by atoms with Gasteiger partial charge in [0.25, 0.3) is 0 Å². The third-order valence-electron chi connectivity index (χ3n) is 6.45. The highest BCUT2D eigenvalue weighted by atomic mass is 35.7. The van der Waals surface area contributed by atoms with Crippen LogP contribution < -0.4 is 34.5 Å². The minimum Gasteiger partial charge on any atom is -0.222 e. The predicted octanol–water partition coefficient (Wildman–Crippen LogP) is 2.55. The first-order valence-electron chi connectivity index (χ1n) is 12.3. The smallest absolute Gasteiger partial charge is 0.119 e. The van der Waals surface area contributed by atoms with Crippen molar-refractivity contribution in [3.8, 4) is 0 Å². The fourth-order valence-electron chi connectivity index (χ4n) is 5.02. The summed E-state index contributed by atoms with van der Waals surface area (Å²) in [4.78, 5) is 0. The molecule has 4 aromatic carbocycles. The van der Waals surface area contributed by atoms with E-state index in [1.165, 1.54) is 45.8 Å². The molecular formula is C30H30ClO4PS2. The molecule has 8 heteroatoms. The van der Waals surface area contributed by atoms with Gasteiger partial charge in [0, 0.05) is 6.42 Å². The second kappa shape index (κ2) is 14.0. The Morgan fingerprint density at radius 2 is 0.947 bits per heavy atom. The van der Waals surface area contributed by atoms with Gasteiger partial charge in [-0.1, -0.05) is 84.9 Å². The highest BCUT2D eigenvalue weighted by Gasteiger charge is 2.53. The summed E-state index contributed by atoms with van der Waals surface area (Å²) >= 11 is 4.34. The van der Waals surface area contributed by atoms with Crippen LogP contribution in [-0.2, 0) is 0 Å². The molecule has 1 fully saturated rings. The zero-order chi connectivity index (χ0) is 26.8. The van der Waals surface area contributed by atoms with Crippen molar-refractivity contribution in [3.63, 3.8) is 0 Å². The van der Waals surface area contributed by atoms with Crippen LogP contribution in [0.5, 0.6) is 0 Å². The van der Waals surface area contributed by atoms with Crippen LogP contribution in [0.15, 0.2) is 121 Å². The second-order valence-corrected chi connectivity index (χ2v) is 16.1. The lowest BCUT2D eigenvalue weighted by molar-refractivity contribution is -2.00. The predicted molar refractivity (Wildman–Crippen MR) is 152 cm³/mol. The average molecular weight is 585 g/mol. The molecule has 5 rings (SSSR count). The third-order valence-corrected chi connectivity index (χ3v) is 14.2. The zero-order valence-electron chi connectivity index (χ0n) is 20.8. The van der Waals surface area contributed by atoms with E-state index in [9.17, 15) is 0 Å². The number of rotatable bonds is 7. The minimum atomic E-state index is -4.94. The van der Waals surface area contributed by atoms with Gasteiger partial charge in [-0.15, -0.1) is 33.8 Å². The number of halogens is 1. The lowest BCUT2D eigenvalue weighted by atomic mass is 10.1. The van der Waals surface area contributed by atoms with Crippen LogP contribution in [0.2, 0.25) is 0 Å². The Morgan fingerprint density at radius 1 is 0.605 bits per heavy atom. The summed E-state index contributed by atoms with van der Waals surface area (Å²) in [6.45, 7) is 0. The van der Waals surface area contributed by atoms with Crippen molar-refractivity contribution in [1.29, 1.82) is 0 Å². The molecule has 38 heavy (non-hydrogen) atoms. The van der Waals surface area contributed by atoms with E-state index >= 15 is 0 Å². The summed E-state index contributed by atoms with van der Waals surface area (Å²) in [5, 5.41) is 4.42. The molecule has 0 aromatic heterocycles. The molecule has 0 spiro atoms. The molecule has 1 saturated heterocycles. The maximum atomic E-state index is 8.49. The van der Waals surface area contributed by atoms with Gasteiger partial charge in [0.1, 0.15) is 28.8 Å². The molecule has 4 nitrogen and oxygen atoms in total. The number of benzene rings is 4. The molecule has 1 aliphatic heterocycles. The standard InChI is InChI=1S/C30H30PS2.ClHO4/c1-5-14-25(15-6-1)29(24-30-32-22-13-23-33-30)31(26-16-7-2-8-17-26,27-18-9-3-10-19-27)28-20-11-4-12-21-28;2-1(3,4)5/h1-12,14-21,29-30H,13,22-24H2;(H,2,3,4,5)/q+1;/p-1. The molecule has 1 aliphatic rings. The van der Waals surface area contributed by atoms with E-state index in [1.54, 1.807) is 0 Å². The van der Waals surface area contributed by atoms with Crippen LogP contribution in [0.3, 0.4) is 0 Å². The van der Waals surface area contributed by atoms with Gasteiger partial charge in [-0.3, -0.25) is 0 Å². The molecule has 0 aliphatic carbocycles. The van der Waals surface area contributed by atoms with Gasteiger partial charge in [-0.05, 0) is 59.9 Å². The summed E-state index contributed by atoms with van der Waals surface area (Å²) in [7, 11) is -6.92. The van der Waals surface area contributed by atoms with Crippen molar-refractivity contribution in [2.24, 2.45) is 0 Å². The van der Waals surface area contributed by atoms with E-state index < -0.39 is 17.5 Å². The average Bonchev–Trinajstić information content (AvgIpc) is 2.95. The van der Waals surface area contributed by atoms with E-state index in [0.717, 1.165) is 0 Å². The molecule has 0 amide bonds. The lowest BCUT2D eigenvalue weighted by Crippen LogP contribution is -2.68. The molecule has 1 heterocycles. The van der Waals surface area contributed by atoms with E-state index in [4.69, 9.17) is 18.6 Å². The Kier molecular flexibility index (Phi) is 10.7. The van der Waals surface area contributed by atoms with E-state index in [1.807, 2.05) is 0 Å².